The molecule has 1 atom stereocenters. The van der Waals surface area contributed by atoms with Gasteiger partial charge < -0.3 is 9.13 Å². The summed E-state index contributed by atoms with van der Waals surface area (Å²) in [6, 6.07) is 44.1. The second-order valence-corrected chi connectivity index (χ2v) is 37.1. The maximum Gasteiger partial charge on any atom is 0.404 e. The molecule has 444 valence electrons. The number of nitrogens with zero attached hydrogens (tertiary/aromatic N) is 12. The predicted molar refractivity (Wildman–Crippen MR) is 369 cm³/mol. The molecule has 16 rings (SSSR count). The van der Waals surface area contributed by atoms with E-state index in [4.69, 9.17) is 29.9 Å². The minimum atomic E-state index is -1.91. The molecule has 12 nitrogen and oxygen atoms in total. The zero-order chi connectivity index (χ0) is 61.5. The number of rotatable bonds is 12. The lowest BCUT2D eigenvalue weighted by Crippen LogP contribution is -2.71. The lowest BCUT2D eigenvalue weighted by molar-refractivity contribution is -0.790. The number of hydrogen-bond acceptors (Lipinski definition) is 6. The molecular formula is C75H76N12SSi+2. The molecule has 10 heterocycles. The third kappa shape index (κ3) is 7.27. The number of aliphatic imine (C=N–C) groups is 2. The molecule has 0 saturated carbocycles. The summed E-state index contributed by atoms with van der Waals surface area (Å²) in [6.07, 6.45) is 1.88. The van der Waals surface area contributed by atoms with E-state index in [0.29, 0.717) is 32.4 Å². The van der Waals surface area contributed by atoms with E-state index in [1.807, 2.05) is 0 Å². The highest BCUT2D eigenvalue weighted by Gasteiger charge is 2.69. The molecule has 1 spiro atoms. The average molecular weight is 1210 g/mol. The second kappa shape index (κ2) is 19.7. The highest BCUT2D eigenvalue weighted by Crippen LogP contribution is 2.60. The summed E-state index contributed by atoms with van der Waals surface area (Å²) in [6.45, 7) is 34.4. The van der Waals surface area contributed by atoms with Gasteiger partial charge in [0.15, 0.2) is 0 Å². The quantitative estimate of drug-likeness (QED) is 0.0691. The van der Waals surface area contributed by atoms with Gasteiger partial charge in [0.05, 0.1) is 65.9 Å². The van der Waals surface area contributed by atoms with E-state index in [1.165, 1.54) is 0 Å². The number of aromatic nitrogens is 6. The molecule has 0 radical (unpaired) electrons. The van der Waals surface area contributed by atoms with Crippen LogP contribution in [0.4, 0.5) is 11.6 Å². The van der Waals surface area contributed by atoms with Gasteiger partial charge in [-0.15, -0.1) is 14.7 Å². The van der Waals surface area contributed by atoms with E-state index in [-0.39, 0.29) is 0 Å². The first kappa shape index (κ1) is 55.6. The molecule has 14 heteroatoms. The molecule has 6 aliphatic heterocycles. The minimum Gasteiger partial charge on any atom is -0.324 e. The Balaban J connectivity index is 0.913. The summed E-state index contributed by atoms with van der Waals surface area (Å²) < 4.78 is 14.4. The number of imidazole rings is 2. The fourth-order valence-corrected chi connectivity index (χ4v) is 26.2. The highest BCUT2D eigenvalue weighted by atomic mass is 32.3. The van der Waals surface area contributed by atoms with E-state index in [9.17, 15) is 0 Å². The van der Waals surface area contributed by atoms with E-state index in [0.717, 1.165) is 172 Å². The molecule has 10 aromatic rings. The van der Waals surface area contributed by atoms with Crippen molar-refractivity contribution in [1.29, 1.82) is 0 Å². The van der Waals surface area contributed by atoms with Crippen LogP contribution in [0.1, 0.15) is 143 Å². The standard InChI is InChI=1S/C75H76N12SSi/c1-15-35-82-63-41-59-57(39-61(63)76-65(82)51-29-25-49(26-30-51)33-37-88(43(3)4,44(5)6)45(7)8)71-78-67-53-21-17-18-22-54(53)68-79-72-58-40-62-64(83(36-16-2)66(77-62)52-31-27-50(28-32-52)34-38-89(46(9)10,47(11)12)48(13)14)42-60(58)74-81-70-56-24-20-19-23-55(56)69-80-73(59)86(71)75(84(67)68,85(69)70)87(72)74/h17-32,39-48H,15-16,35-36H2,1-14H3/q+2/t75-/m0/s1. The van der Waals surface area contributed by atoms with Crippen LogP contribution in [0.2, 0.25) is 16.6 Å². The lowest BCUT2D eigenvalue weighted by atomic mass is 10.1. The van der Waals surface area contributed by atoms with E-state index < -0.39 is 24.0 Å². The van der Waals surface area contributed by atoms with Crippen molar-refractivity contribution in [2.75, 3.05) is 0 Å². The summed E-state index contributed by atoms with van der Waals surface area (Å²) in [5.74, 6) is 13.1. The number of fused-ring (bicyclic) bond motifs is 14. The fraction of sp³-hybridized carbons (Fsp3) is 0.333. The summed E-state index contributed by atoms with van der Waals surface area (Å²) in [5.41, 5.74) is 19.6. The normalized spacial score (nSPS) is 16.8. The van der Waals surface area contributed by atoms with Crippen LogP contribution in [0.25, 0.3) is 66.4 Å². The van der Waals surface area contributed by atoms with Crippen molar-refractivity contribution >= 4 is 96.7 Å². The second-order valence-electron chi connectivity index (χ2n) is 27.0. The smallest absolute Gasteiger partial charge is 0.324 e. The summed E-state index contributed by atoms with van der Waals surface area (Å²) >= 11 is 0. The van der Waals surface area contributed by atoms with Gasteiger partial charge in [-0.05, 0) is 123 Å². The van der Waals surface area contributed by atoms with Crippen molar-refractivity contribution in [2.45, 2.75) is 161 Å². The Bertz CT molecular complexity index is 5160. The van der Waals surface area contributed by atoms with Gasteiger partial charge >= 0.3 is 5.91 Å². The van der Waals surface area contributed by atoms with Gasteiger partial charge in [0.25, 0.3) is 23.3 Å². The summed E-state index contributed by atoms with van der Waals surface area (Å²) in [5, 5.41) is 9.42. The lowest BCUT2D eigenvalue weighted by Gasteiger charge is -2.46. The zero-order valence-corrected chi connectivity index (χ0v) is 55.4. The molecule has 0 amide bonds. The van der Waals surface area contributed by atoms with Gasteiger partial charge in [-0.1, -0.05) is 177 Å². The Kier molecular flexibility index (Phi) is 12.3. The Labute approximate surface area is 523 Å². The summed E-state index contributed by atoms with van der Waals surface area (Å²) in [7, 11) is -3.08. The van der Waals surface area contributed by atoms with Gasteiger partial charge in [-0.2, -0.15) is 19.2 Å². The maximum absolute atomic E-state index is 5.84. The molecule has 6 aliphatic rings. The van der Waals surface area contributed by atoms with Crippen molar-refractivity contribution in [3.05, 3.63) is 166 Å². The molecule has 0 unspecified atom stereocenters. The molecule has 0 fully saturated rings. The van der Waals surface area contributed by atoms with E-state index in [2.05, 4.69) is 268 Å². The minimum absolute atomic E-state index is 0.512. The molecular weight excluding hydrogens is 1130 g/mol. The van der Waals surface area contributed by atoms with Gasteiger partial charge in [0.1, 0.15) is 19.7 Å². The van der Waals surface area contributed by atoms with Crippen LogP contribution in [-0.4, -0.2) is 84.6 Å². The Morgan fingerprint density at radius 1 is 0.483 bits per heavy atom. The van der Waals surface area contributed by atoms with Crippen LogP contribution in [0, 0.1) is 22.6 Å². The topological polar surface area (TPSA) is 101 Å². The van der Waals surface area contributed by atoms with E-state index >= 15 is 0 Å². The molecule has 0 saturated heterocycles. The molecule has 89 heavy (non-hydrogen) atoms. The molecule has 4 aromatic heterocycles. The van der Waals surface area contributed by atoms with Crippen LogP contribution in [-0.2, 0) is 19.0 Å². The van der Waals surface area contributed by atoms with Gasteiger partial charge in [-0.25, -0.2) is 9.97 Å². The van der Waals surface area contributed by atoms with E-state index in [1.54, 1.807) is 0 Å². The first-order chi connectivity index (χ1) is 43.0. The van der Waals surface area contributed by atoms with Crippen LogP contribution in [0.5, 0.6) is 0 Å². The Morgan fingerprint density at radius 2 is 0.899 bits per heavy atom. The number of benzene rings is 6. The largest absolute Gasteiger partial charge is 0.404 e. The molecule has 6 aromatic carbocycles. The Hall–Kier alpha value is -8.69. The van der Waals surface area contributed by atoms with Crippen LogP contribution < -0.4 is 11.0 Å². The van der Waals surface area contributed by atoms with Gasteiger partial charge in [0, 0.05) is 35.3 Å². The van der Waals surface area contributed by atoms with Crippen molar-refractivity contribution in [2.24, 2.45) is 20.0 Å². The first-order valence-electron chi connectivity index (χ1n) is 32.4. The third-order valence-electron chi connectivity index (χ3n) is 20.5. The molecule has 0 bridgehead atoms. The van der Waals surface area contributed by atoms with Crippen molar-refractivity contribution in [3.8, 4) is 45.4 Å². The SMILES string of the molecule is CCCn1c(-c2ccc(C#CS(C(C)C)(C(C)C)C(C)C)cc2)nc2cc3c4n5c(c3cc21)N=C1c2ccccc2C2=[N+]1[C@]51n3c(c5cc6nc(-c7ccc(C#C[Si](C(C)C)(C(C)C)C(C)C)cc7)n(CCC)c6cc5c3=N2)=NC2=[N+]1C(=N4)c1ccccc12. The molecule has 0 aliphatic carbocycles. The number of amidine groups is 4. The van der Waals surface area contributed by atoms with Crippen LogP contribution in [0.15, 0.2) is 141 Å². The fourth-order valence-electron chi connectivity index (χ4n) is 16.7. The summed E-state index contributed by atoms with van der Waals surface area (Å²) in [4.78, 5) is 34.4. The predicted octanol–water partition coefficient (Wildman–Crippen LogP) is 15.5. The monoisotopic (exact) mass is 1200 g/mol. The van der Waals surface area contributed by atoms with Crippen molar-refractivity contribution in [3.63, 3.8) is 0 Å². The molecule has 0 N–H and O–H groups in total. The number of hydrogen-bond donors (Lipinski definition) is 0. The maximum atomic E-state index is 5.84. The van der Waals surface area contributed by atoms with Crippen LogP contribution >= 0.6 is 10.0 Å². The van der Waals surface area contributed by atoms with Crippen molar-refractivity contribution < 1.29 is 9.15 Å². The third-order valence-corrected chi connectivity index (χ3v) is 31.9. The number of aryl methyl sites for hydroxylation is 2. The van der Waals surface area contributed by atoms with Gasteiger partial charge in [0.2, 0.25) is 22.6 Å². The zero-order valence-electron chi connectivity index (χ0n) is 53.6. The first-order valence-corrected chi connectivity index (χ1v) is 36.4. The van der Waals surface area contributed by atoms with Crippen molar-refractivity contribution in [1.82, 2.24) is 28.2 Å². The van der Waals surface area contributed by atoms with Gasteiger partial charge in [-0.3, -0.25) is 0 Å². The van der Waals surface area contributed by atoms with Crippen LogP contribution in [0.3, 0.4) is 0 Å². The Morgan fingerprint density at radius 3 is 1.35 bits per heavy atom. The average Bonchev–Trinajstić information content (AvgIpc) is 1.50. The highest BCUT2D eigenvalue weighted by molar-refractivity contribution is 8.38.